The third kappa shape index (κ3) is 2.74. The third-order valence-electron chi connectivity index (χ3n) is 4.11. The van der Waals surface area contributed by atoms with Crippen molar-refractivity contribution in [3.8, 4) is 0 Å². The Hall–Kier alpha value is -2.56. The fraction of sp³-hybridized carbons (Fsp3) is 0.333. The second-order valence-corrected chi connectivity index (χ2v) is 6.58. The molecule has 0 fully saturated rings. The van der Waals surface area contributed by atoms with Crippen molar-refractivity contribution < 1.29 is 4.79 Å². The summed E-state index contributed by atoms with van der Waals surface area (Å²) in [5.41, 5.74) is 11.1. The second-order valence-electron chi connectivity index (χ2n) is 6.58. The van der Waals surface area contributed by atoms with Crippen molar-refractivity contribution in [1.82, 2.24) is 9.97 Å². The number of pyridine rings is 1. The fourth-order valence-corrected chi connectivity index (χ4v) is 2.79. The number of hydrogen-bond donors (Lipinski definition) is 3. The monoisotopic (exact) mass is 310 g/mol. The van der Waals surface area contributed by atoms with Crippen LogP contribution in [0.5, 0.6) is 0 Å². The third-order valence-corrected chi connectivity index (χ3v) is 4.11. The number of fused-ring (bicyclic) bond motifs is 1. The molecule has 4 N–H and O–H groups in total. The van der Waals surface area contributed by atoms with E-state index >= 15 is 0 Å². The van der Waals surface area contributed by atoms with Gasteiger partial charge < -0.3 is 16.0 Å². The van der Waals surface area contributed by atoms with E-state index in [1.165, 1.54) is 11.3 Å². The number of aromatic amines is 1. The molecule has 1 aliphatic rings. The first-order valence-electron chi connectivity index (χ1n) is 7.88. The maximum Gasteiger partial charge on any atom is 0.257 e. The van der Waals surface area contributed by atoms with Gasteiger partial charge >= 0.3 is 0 Å². The number of nitrogens with two attached hydrogens (primary N) is 1. The number of nitrogen functional groups attached to an aromatic ring is 1. The summed E-state index contributed by atoms with van der Waals surface area (Å²) < 4.78 is 0. The van der Waals surface area contributed by atoms with Crippen LogP contribution >= 0.6 is 0 Å². The van der Waals surface area contributed by atoms with Gasteiger partial charge in [0.1, 0.15) is 5.82 Å². The maximum absolute atomic E-state index is 12.3. The van der Waals surface area contributed by atoms with Crippen LogP contribution < -0.4 is 11.1 Å². The Bertz CT molecular complexity index is 799. The van der Waals surface area contributed by atoms with Gasteiger partial charge in [0.25, 0.3) is 5.91 Å². The number of hydrogen-bond acceptors (Lipinski definition) is 3. The zero-order valence-corrected chi connectivity index (χ0v) is 13.9. The largest absolute Gasteiger partial charge is 0.397 e. The van der Waals surface area contributed by atoms with Gasteiger partial charge in [0.15, 0.2) is 0 Å². The normalized spacial score (nSPS) is 15.6. The van der Waals surface area contributed by atoms with Crippen LogP contribution in [0.15, 0.2) is 18.3 Å². The molecule has 5 nitrogen and oxygen atoms in total. The molecular weight excluding hydrogens is 288 g/mol. The first-order valence-corrected chi connectivity index (χ1v) is 7.88. The Balaban J connectivity index is 2.12. The number of carbonyl (C=O) groups is 1. The van der Waals surface area contributed by atoms with Gasteiger partial charge in [0.2, 0.25) is 0 Å². The number of rotatable bonds is 3. The van der Waals surface area contributed by atoms with Gasteiger partial charge in [-0.3, -0.25) is 4.79 Å². The van der Waals surface area contributed by atoms with E-state index in [1.807, 2.05) is 6.08 Å². The molecule has 0 saturated heterocycles. The van der Waals surface area contributed by atoms with Crippen molar-refractivity contribution in [3.63, 3.8) is 0 Å². The first kappa shape index (κ1) is 15.3. The molecule has 0 radical (unpaired) electrons. The number of anilines is 2. The SMILES string of the molecule is CC(C)c1cc(C(C)C)c(C=C2C(=O)Nc3ncc(N)cc32)[nH]1. The van der Waals surface area contributed by atoms with Gasteiger partial charge in [-0.25, -0.2) is 4.98 Å². The van der Waals surface area contributed by atoms with E-state index in [2.05, 4.69) is 49.0 Å². The molecule has 1 aliphatic heterocycles. The van der Waals surface area contributed by atoms with Gasteiger partial charge in [-0.2, -0.15) is 0 Å². The Labute approximate surface area is 136 Å². The smallest absolute Gasteiger partial charge is 0.257 e. The number of nitrogens with zero attached hydrogens (tertiary/aromatic N) is 1. The molecule has 5 heteroatoms. The summed E-state index contributed by atoms with van der Waals surface area (Å²) in [5, 5.41) is 2.79. The van der Waals surface area contributed by atoms with Crippen LogP contribution in [0.3, 0.4) is 0 Å². The second kappa shape index (κ2) is 5.57. The van der Waals surface area contributed by atoms with Crippen molar-refractivity contribution in [2.24, 2.45) is 0 Å². The molecule has 2 aromatic rings. The Morgan fingerprint density at radius 1 is 1.17 bits per heavy atom. The van der Waals surface area contributed by atoms with Gasteiger partial charge in [0, 0.05) is 17.0 Å². The molecule has 0 bridgehead atoms. The number of H-pyrrole nitrogens is 1. The molecule has 0 unspecified atom stereocenters. The minimum Gasteiger partial charge on any atom is -0.397 e. The average molecular weight is 310 g/mol. The van der Waals surface area contributed by atoms with E-state index in [0.717, 1.165) is 11.3 Å². The van der Waals surface area contributed by atoms with Gasteiger partial charge in [-0.1, -0.05) is 27.7 Å². The van der Waals surface area contributed by atoms with Crippen LogP contribution in [0.2, 0.25) is 0 Å². The lowest BCUT2D eigenvalue weighted by Crippen LogP contribution is -2.04. The molecule has 0 aliphatic carbocycles. The topological polar surface area (TPSA) is 83.8 Å². The lowest BCUT2D eigenvalue weighted by atomic mass is 10.00. The summed E-state index contributed by atoms with van der Waals surface area (Å²) in [4.78, 5) is 19.9. The summed E-state index contributed by atoms with van der Waals surface area (Å²) in [6.45, 7) is 8.60. The van der Waals surface area contributed by atoms with Gasteiger partial charge in [-0.15, -0.1) is 0 Å². The van der Waals surface area contributed by atoms with Crippen LogP contribution in [0, 0.1) is 0 Å². The van der Waals surface area contributed by atoms with Crippen molar-refractivity contribution in [2.75, 3.05) is 11.1 Å². The van der Waals surface area contributed by atoms with Crippen LogP contribution in [0.4, 0.5) is 11.5 Å². The summed E-state index contributed by atoms with van der Waals surface area (Å²) in [6, 6.07) is 3.97. The molecule has 0 spiro atoms. The minimum atomic E-state index is -0.145. The lowest BCUT2D eigenvalue weighted by Gasteiger charge is -2.04. The van der Waals surface area contributed by atoms with Crippen LogP contribution in [-0.2, 0) is 4.79 Å². The van der Waals surface area contributed by atoms with Crippen molar-refractivity contribution >= 4 is 29.1 Å². The molecule has 0 aromatic carbocycles. The number of amides is 1. The summed E-state index contributed by atoms with van der Waals surface area (Å²) in [5.74, 6) is 1.20. The van der Waals surface area contributed by atoms with Crippen LogP contribution in [0.25, 0.3) is 11.6 Å². The van der Waals surface area contributed by atoms with E-state index in [1.54, 1.807) is 12.3 Å². The zero-order valence-electron chi connectivity index (χ0n) is 13.9. The first-order chi connectivity index (χ1) is 10.9. The molecule has 1 amide bonds. The predicted octanol–water partition coefficient (Wildman–Crippen LogP) is 3.73. The summed E-state index contributed by atoms with van der Waals surface area (Å²) >= 11 is 0. The maximum atomic E-state index is 12.3. The fourth-order valence-electron chi connectivity index (χ4n) is 2.79. The summed E-state index contributed by atoms with van der Waals surface area (Å²) in [6.07, 6.45) is 3.45. The number of carbonyl (C=O) groups excluding carboxylic acids is 1. The summed E-state index contributed by atoms with van der Waals surface area (Å²) in [7, 11) is 0. The van der Waals surface area contributed by atoms with E-state index in [0.29, 0.717) is 28.9 Å². The molecule has 3 heterocycles. The van der Waals surface area contributed by atoms with Crippen molar-refractivity contribution in [3.05, 3.63) is 40.8 Å². The highest BCUT2D eigenvalue weighted by Crippen LogP contribution is 2.34. The highest BCUT2D eigenvalue weighted by atomic mass is 16.2. The average Bonchev–Trinajstić information content (AvgIpc) is 3.02. The molecule has 120 valence electrons. The number of nitrogens with one attached hydrogen (secondary N) is 2. The Morgan fingerprint density at radius 3 is 2.57 bits per heavy atom. The van der Waals surface area contributed by atoms with E-state index in [4.69, 9.17) is 5.73 Å². The van der Waals surface area contributed by atoms with Crippen LogP contribution in [0.1, 0.15) is 62.0 Å². The minimum absolute atomic E-state index is 0.145. The molecule has 23 heavy (non-hydrogen) atoms. The Morgan fingerprint density at radius 2 is 1.91 bits per heavy atom. The molecule has 3 rings (SSSR count). The van der Waals surface area contributed by atoms with Crippen LogP contribution in [-0.4, -0.2) is 15.9 Å². The van der Waals surface area contributed by atoms with Crippen molar-refractivity contribution in [1.29, 1.82) is 0 Å². The molecule has 0 saturated carbocycles. The predicted molar refractivity (Wildman–Crippen MR) is 94.1 cm³/mol. The van der Waals surface area contributed by atoms with Gasteiger partial charge in [-0.05, 0) is 35.6 Å². The van der Waals surface area contributed by atoms with E-state index in [-0.39, 0.29) is 5.91 Å². The number of aromatic nitrogens is 2. The van der Waals surface area contributed by atoms with Gasteiger partial charge in [0.05, 0.1) is 17.5 Å². The highest BCUT2D eigenvalue weighted by molar-refractivity contribution is 6.34. The molecular formula is C18H22N4O. The standard InChI is InChI=1S/C18H22N4O/c1-9(2)12-6-15(10(3)4)21-16(12)7-14-13-5-11(19)8-20-17(13)22-18(14)23/h5-10,21H,19H2,1-4H3,(H,20,22,23). The quantitative estimate of drug-likeness (QED) is 0.755. The molecule has 0 atom stereocenters. The Kier molecular flexibility index (Phi) is 3.72. The van der Waals surface area contributed by atoms with Crippen molar-refractivity contribution in [2.45, 2.75) is 39.5 Å². The lowest BCUT2D eigenvalue weighted by molar-refractivity contribution is -0.110. The van der Waals surface area contributed by atoms with E-state index in [9.17, 15) is 4.79 Å². The zero-order chi connectivity index (χ0) is 16.7. The highest BCUT2D eigenvalue weighted by Gasteiger charge is 2.26. The molecule has 2 aromatic heterocycles. The van der Waals surface area contributed by atoms with E-state index < -0.39 is 0 Å².